The number of aromatic hydroxyl groups is 1. The smallest absolute Gasteiger partial charge is 0.270 e. The zero-order chi connectivity index (χ0) is 12.0. The van der Waals surface area contributed by atoms with Crippen LogP contribution in [0.5, 0.6) is 5.75 Å². The lowest BCUT2D eigenvalue weighted by molar-refractivity contribution is 0.478. The van der Waals surface area contributed by atoms with E-state index in [9.17, 15) is 9.90 Å². The predicted molar refractivity (Wildman–Crippen MR) is 60.7 cm³/mol. The monoisotopic (exact) mass is 227 g/mol. The Balaban J connectivity index is 2.35. The molecule has 0 unspecified atom stereocenters. The Morgan fingerprint density at radius 3 is 2.94 bits per heavy atom. The molecule has 1 aliphatic carbocycles. The normalized spacial score (nSPS) is 14.8. The first-order valence-corrected chi connectivity index (χ1v) is 5.35. The Kier molecular flexibility index (Phi) is 1.92. The van der Waals surface area contributed by atoms with Gasteiger partial charge in [0, 0.05) is 17.0 Å². The maximum absolute atomic E-state index is 11.5. The van der Waals surface area contributed by atoms with Gasteiger partial charge in [0.1, 0.15) is 11.8 Å². The van der Waals surface area contributed by atoms with E-state index in [4.69, 9.17) is 5.26 Å². The molecule has 84 valence electrons. The highest BCUT2D eigenvalue weighted by Crippen LogP contribution is 2.40. The lowest BCUT2D eigenvalue weighted by atomic mass is 10.1. The molecular formula is C12H9N3O2. The number of H-pyrrole nitrogens is 1. The van der Waals surface area contributed by atoms with Crippen LogP contribution in [0.1, 0.15) is 30.0 Å². The molecule has 0 amide bonds. The van der Waals surface area contributed by atoms with E-state index in [0.717, 1.165) is 18.5 Å². The summed E-state index contributed by atoms with van der Waals surface area (Å²) < 4.78 is 0. The van der Waals surface area contributed by atoms with Crippen molar-refractivity contribution in [1.29, 1.82) is 5.26 Å². The van der Waals surface area contributed by atoms with E-state index in [0.29, 0.717) is 16.8 Å². The van der Waals surface area contributed by atoms with Crippen molar-refractivity contribution < 1.29 is 5.11 Å². The molecule has 1 fully saturated rings. The third-order valence-corrected chi connectivity index (χ3v) is 3.00. The fourth-order valence-electron chi connectivity index (χ4n) is 1.90. The van der Waals surface area contributed by atoms with Crippen LogP contribution < -0.4 is 5.56 Å². The molecule has 0 radical (unpaired) electrons. The second kappa shape index (κ2) is 3.32. The van der Waals surface area contributed by atoms with Crippen molar-refractivity contribution in [1.82, 2.24) is 9.97 Å². The van der Waals surface area contributed by atoms with E-state index in [1.54, 1.807) is 12.1 Å². The number of aromatic nitrogens is 2. The van der Waals surface area contributed by atoms with Crippen LogP contribution in [0.4, 0.5) is 0 Å². The summed E-state index contributed by atoms with van der Waals surface area (Å²) in [5, 5.41) is 19.2. The molecule has 0 saturated heterocycles. The lowest BCUT2D eigenvalue weighted by Gasteiger charge is -2.04. The van der Waals surface area contributed by atoms with Gasteiger partial charge in [-0.25, -0.2) is 0 Å². The quantitative estimate of drug-likeness (QED) is 0.770. The van der Waals surface area contributed by atoms with Gasteiger partial charge in [-0.2, -0.15) is 5.26 Å². The molecular weight excluding hydrogens is 218 g/mol. The summed E-state index contributed by atoms with van der Waals surface area (Å²) in [6.45, 7) is 0. The molecule has 0 atom stereocenters. The first-order chi connectivity index (χ1) is 8.20. The Bertz CT molecular complexity index is 708. The van der Waals surface area contributed by atoms with Gasteiger partial charge in [0.15, 0.2) is 5.56 Å². The van der Waals surface area contributed by atoms with Crippen LogP contribution in [0.2, 0.25) is 0 Å². The molecule has 1 aliphatic rings. The molecule has 0 bridgehead atoms. The minimum atomic E-state index is -0.585. The van der Waals surface area contributed by atoms with Crippen molar-refractivity contribution in [3.8, 4) is 11.8 Å². The summed E-state index contributed by atoms with van der Waals surface area (Å²) in [5.41, 5.74) is 0.531. The zero-order valence-corrected chi connectivity index (χ0v) is 8.90. The van der Waals surface area contributed by atoms with Crippen LogP contribution in [0.15, 0.2) is 17.1 Å². The van der Waals surface area contributed by atoms with Gasteiger partial charge >= 0.3 is 0 Å². The van der Waals surface area contributed by atoms with Gasteiger partial charge in [0.2, 0.25) is 0 Å². The van der Waals surface area contributed by atoms with E-state index in [1.165, 1.54) is 6.20 Å². The number of hydrogen-bond donors (Lipinski definition) is 2. The molecule has 2 aromatic rings. The van der Waals surface area contributed by atoms with Crippen LogP contribution >= 0.6 is 0 Å². The number of aromatic amines is 1. The van der Waals surface area contributed by atoms with Gasteiger partial charge < -0.3 is 10.1 Å². The first kappa shape index (κ1) is 9.85. The number of nitrogens with zero attached hydrogens (tertiary/aromatic N) is 2. The molecule has 0 spiro atoms. The molecule has 2 heterocycles. The topological polar surface area (TPSA) is 89.8 Å². The van der Waals surface area contributed by atoms with E-state index >= 15 is 0 Å². The second-order valence-electron chi connectivity index (χ2n) is 4.22. The summed E-state index contributed by atoms with van der Waals surface area (Å²) in [6.07, 6.45) is 3.74. The van der Waals surface area contributed by atoms with Crippen molar-refractivity contribution in [3.05, 3.63) is 33.9 Å². The number of nitrogens with one attached hydrogen (secondary N) is 1. The Morgan fingerprint density at radius 1 is 1.53 bits per heavy atom. The van der Waals surface area contributed by atoms with E-state index in [-0.39, 0.29) is 11.3 Å². The summed E-state index contributed by atoms with van der Waals surface area (Å²) in [7, 11) is 0. The second-order valence-corrected chi connectivity index (χ2v) is 4.22. The standard InChI is InChI=1S/C12H9N3O2/c13-4-8-11(16)7-3-9(6-1-2-6)14-5-10(7)15-12(8)17/h3,5-6H,1-2H2,(H2,15,16,17). The van der Waals surface area contributed by atoms with E-state index in [1.807, 2.05) is 0 Å². The third kappa shape index (κ3) is 1.46. The zero-order valence-electron chi connectivity index (χ0n) is 8.90. The summed E-state index contributed by atoms with van der Waals surface area (Å²) >= 11 is 0. The van der Waals surface area contributed by atoms with Gasteiger partial charge in [-0.3, -0.25) is 9.78 Å². The molecule has 5 heteroatoms. The Labute approximate surface area is 96.4 Å². The number of fused-ring (bicyclic) bond motifs is 1. The summed E-state index contributed by atoms with van der Waals surface area (Å²) in [5.74, 6) is 0.201. The van der Waals surface area contributed by atoms with Gasteiger partial charge in [-0.05, 0) is 18.9 Å². The number of pyridine rings is 2. The molecule has 2 aromatic heterocycles. The number of nitriles is 1. The van der Waals surface area contributed by atoms with Crippen molar-refractivity contribution in [3.63, 3.8) is 0 Å². The maximum atomic E-state index is 11.5. The van der Waals surface area contributed by atoms with Crippen molar-refractivity contribution in [2.75, 3.05) is 0 Å². The predicted octanol–water partition coefficient (Wildman–Crippen LogP) is 1.38. The van der Waals surface area contributed by atoms with Crippen LogP contribution in [-0.4, -0.2) is 15.1 Å². The average Bonchev–Trinajstić information content (AvgIpc) is 3.13. The van der Waals surface area contributed by atoms with Crippen molar-refractivity contribution >= 4 is 10.9 Å². The van der Waals surface area contributed by atoms with Gasteiger partial charge in [-0.15, -0.1) is 0 Å². The van der Waals surface area contributed by atoms with E-state index in [2.05, 4.69) is 9.97 Å². The summed E-state index contributed by atoms with van der Waals surface area (Å²) in [4.78, 5) is 18.2. The highest BCUT2D eigenvalue weighted by atomic mass is 16.3. The van der Waals surface area contributed by atoms with Crippen molar-refractivity contribution in [2.24, 2.45) is 0 Å². The largest absolute Gasteiger partial charge is 0.506 e. The summed E-state index contributed by atoms with van der Waals surface area (Å²) in [6, 6.07) is 3.45. The number of hydrogen-bond acceptors (Lipinski definition) is 4. The molecule has 0 aliphatic heterocycles. The Morgan fingerprint density at radius 2 is 2.29 bits per heavy atom. The first-order valence-electron chi connectivity index (χ1n) is 5.35. The van der Waals surface area contributed by atoms with Crippen LogP contribution in [0.3, 0.4) is 0 Å². The van der Waals surface area contributed by atoms with Crippen LogP contribution in [-0.2, 0) is 0 Å². The average molecular weight is 227 g/mol. The van der Waals surface area contributed by atoms with Gasteiger partial charge in [-0.1, -0.05) is 0 Å². The fraction of sp³-hybridized carbons (Fsp3) is 0.250. The maximum Gasteiger partial charge on any atom is 0.270 e. The van der Waals surface area contributed by atoms with Crippen LogP contribution in [0.25, 0.3) is 10.9 Å². The molecule has 2 N–H and O–H groups in total. The number of rotatable bonds is 1. The molecule has 0 aromatic carbocycles. The molecule has 17 heavy (non-hydrogen) atoms. The third-order valence-electron chi connectivity index (χ3n) is 3.00. The SMILES string of the molecule is N#Cc1c(O)c2cc(C3CC3)ncc2[nH]c1=O. The highest BCUT2D eigenvalue weighted by molar-refractivity contribution is 5.86. The van der Waals surface area contributed by atoms with Crippen molar-refractivity contribution in [2.45, 2.75) is 18.8 Å². The highest BCUT2D eigenvalue weighted by Gasteiger charge is 2.25. The van der Waals surface area contributed by atoms with Gasteiger partial charge in [0.25, 0.3) is 5.56 Å². The van der Waals surface area contributed by atoms with Crippen LogP contribution in [0, 0.1) is 11.3 Å². The van der Waals surface area contributed by atoms with E-state index < -0.39 is 5.56 Å². The molecule has 3 rings (SSSR count). The fourth-order valence-corrected chi connectivity index (χ4v) is 1.90. The minimum absolute atomic E-state index is 0.245. The lowest BCUT2D eigenvalue weighted by Crippen LogP contribution is -2.10. The molecule has 1 saturated carbocycles. The molecule has 5 nitrogen and oxygen atoms in total. The van der Waals surface area contributed by atoms with Gasteiger partial charge in [0.05, 0.1) is 11.7 Å². The Hall–Kier alpha value is -2.35. The minimum Gasteiger partial charge on any atom is -0.506 e.